The number of nitrogens with one attached hydrogen (secondary N) is 1. The van der Waals surface area contributed by atoms with E-state index in [9.17, 15) is 9.59 Å². The van der Waals surface area contributed by atoms with Crippen molar-refractivity contribution in [2.75, 3.05) is 19.7 Å². The molecule has 0 saturated carbocycles. The quantitative estimate of drug-likeness (QED) is 0.635. The van der Waals surface area contributed by atoms with Gasteiger partial charge < -0.3 is 9.64 Å². The van der Waals surface area contributed by atoms with Gasteiger partial charge in [0.1, 0.15) is 5.75 Å². The lowest BCUT2D eigenvalue weighted by molar-refractivity contribution is -0.132. The Morgan fingerprint density at radius 2 is 1.81 bits per heavy atom. The number of carbonyl (C=O) groups is 2. The van der Waals surface area contributed by atoms with Crippen molar-refractivity contribution >= 4 is 18.0 Å². The van der Waals surface area contributed by atoms with Gasteiger partial charge in [0.25, 0.3) is 11.8 Å². The number of hydrazone groups is 1. The molecule has 1 aromatic carbocycles. The van der Waals surface area contributed by atoms with Crippen molar-refractivity contribution < 1.29 is 14.3 Å². The highest BCUT2D eigenvalue weighted by atomic mass is 16.5. The first-order valence-electron chi connectivity index (χ1n) is 8.46. The summed E-state index contributed by atoms with van der Waals surface area (Å²) in [5.41, 5.74) is 3.75. The van der Waals surface area contributed by atoms with Gasteiger partial charge in [0, 0.05) is 31.0 Å². The molecule has 0 spiro atoms. The van der Waals surface area contributed by atoms with Gasteiger partial charge in [-0.05, 0) is 54.8 Å². The van der Waals surface area contributed by atoms with Gasteiger partial charge in [0.05, 0.1) is 6.21 Å². The van der Waals surface area contributed by atoms with Crippen LogP contribution in [0.5, 0.6) is 5.75 Å². The van der Waals surface area contributed by atoms with E-state index in [0.717, 1.165) is 31.5 Å². The standard InChI is InChI=1S/C19H20N4O3/c24-18(23-11-1-2-12-23)14-26-17-5-3-15(4-6-17)13-21-22-19(25)16-7-9-20-10-8-16/h3-10,13H,1-2,11-12,14H2,(H,22,25)/b21-13-. The minimum absolute atomic E-state index is 0.0203. The van der Waals surface area contributed by atoms with E-state index in [1.54, 1.807) is 48.8 Å². The highest BCUT2D eigenvalue weighted by Crippen LogP contribution is 2.12. The van der Waals surface area contributed by atoms with E-state index in [4.69, 9.17) is 4.74 Å². The van der Waals surface area contributed by atoms with Crippen LogP contribution < -0.4 is 10.2 Å². The molecule has 1 aromatic heterocycles. The predicted molar refractivity (Wildman–Crippen MR) is 97.0 cm³/mol. The van der Waals surface area contributed by atoms with Gasteiger partial charge in [-0.2, -0.15) is 5.10 Å². The van der Waals surface area contributed by atoms with Gasteiger partial charge in [-0.25, -0.2) is 5.43 Å². The Bertz CT molecular complexity index is 769. The maximum Gasteiger partial charge on any atom is 0.271 e. The zero-order valence-corrected chi connectivity index (χ0v) is 14.3. The molecule has 2 amide bonds. The van der Waals surface area contributed by atoms with E-state index in [0.29, 0.717) is 11.3 Å². The third kappa shape index (κ3) is 4.89. The number of carbonyl (C=O) groups excluding carboxylic acids is 2. The third-order valence-corrected chi connectivity index (χ3v) is 4.02. The molecule has 0 bridgehead atoms. The molecular formula is C19H20N4O3. The second-order valence-corrected chi connectivity index (χ2v) is 5.88. The number of benzene rings is 1. The summed E-state index contributed by atoms with van der Waals surface area (Å²) in [6, 6.07) is 10.4. The summed E-state index contributed by atoms with van der Waals surface area (Å²) in [5.74, 6) is 0.339. The number of nitrogens with zero attached hydrogens (tertiary/aromatic N) is 3. The molecule has 26 heavy (non-hydrogen) atoms. The molecule has 7 nitrogen and oxygen atoms in total. The summed E-state index contributed by atoms with van der Waals surface area (Å²) in [6.45, 7) is 1.70. The first-order valence-corrected chi connectivity index (χ1v) is 8.46. The molecular weight excluding hydrogens is 332 g/mol. The second-order valence-electron chi connectivity index (χ2n) is 5.88. The Balaban J connectivity index is 1.46. The van der Waals surface area contributed by atoms with Crippen LogP contribution in [0.25, 0.3) is 0 Å². The molecule has 1 fully saturated rings. The fourth-order valence-electron chi connectivity index (χ4n) is 2.59. The van der Waals surface area contributed by atoms with E-state index < -0.39 is 0 Å². The van der Waals surface area contributed by atoms with Crippen molar-refractivity contribution in [2.24, 2.45) is 5.10 Å². The van der Waals surface area contributed by atoms with E-state index in [2.05, 4.69) is 15.5 Å². The third-order valence-electron chi connectivity index (χ3n) is 4.02. The number of pyridine rings is 1. The monoisotopic (exact) mass is 352 g/mol. The van der Waals surface area contributed by atoms with Gasteiger partial charge in [-0.1, -0.05) is 0 Å². The number of hydrogen-bond acceptors (Lipinski definition) is 5. The first-order chi connectivity index (χ1) is 12.7. The highest BCUT2D eigenvalue weighted by Gasteiger charge is 2.17. The maximum absolute atomic E-state index is 11.9. The van der Waals surface area contributed by atoms with E-state index in [-0.39, 0.29) is 18.4 Å². The van der Waals surface area contributed by atoms with Crippen LogP contribution in [0.3, 0.4) is 0 Å². The smallest absolute Gasteiger partial charge is 0.271 e. The SMILES string of the molecule is O=C(N/N=C\c1ccc(OCC(=O)N2CCCC2)cc1)c1ccncc1. The Hall–Kier alpha value is -3.22. The molecule has 7 heteroatoms. The van der Waals surface area contributed by atoms with Crippen molar-refractivity contribution in [1.29, 1.82) is 0 Å². The summed E-state index contributed by atoms with van der Waals surface area (Å²) in [6.07, 6.45) is 6.77. The molecule has 134 valence electrons. The number of amides is 2. The fourth-order valence-corrected chi connectivity index (χ4v) is 2.59. The number of aromatic nitrogens is 1. The van der Waals surface area contributed by atoms with Crippen molar-refractivity contribution in [1.82, 2.24) is 15.3 Å². The van der Waals surface area contributed by atoms with Crippen molar-refractivity contribution in [3.8, 4) is 5.75 Å². The molecule has 1 aliphatic heterocycles. The Kier molecular flexibility index (Phi) is 5.92. The molecule has 0 aliphatic carbocycles. The average molecular weight is 352 g/mol. The van der Waals surface area contributed by atoms with Gasteiger partial charge in [-0.3, -0.25) is 14.6 Å². The number of ether oxygens (including phenoxy) is 1. The van der Waals surface area contributed by atoms with Crippen molar-refractivity contribution in [2.45, 2.75) is 12.8 Å². The van der Waals surface area contributed by atoms with Crippen LogP contribution in [-0.4, -0.2) is 47.6 Å². The summed E-state index contributed by atoms with van der Waals surface area (Å²) >= 11 is 0. The largest absolute Gasteiger partial charge is 0.484 e. The molecule has 0 atom stereocenters. The van der Waals surface area contributed by atoms with Gasteiger partial charge in [0.15, 0.2) is 6.61 Å². The number of likely N-dealkylation sites (tertiary alicyclic amines) is 1. The molecule has 1 saturated heterocycles. The van der Waals surface area contributed by atoms with Crippen LogP contribution >= 0.6 is 0 Å². The Morgan fingerprint density at radius 3 is 2.50 bits per heavy atom. The molecule has 0 radical (unpaired) electrons. The predicted octanol–water partition coefficient (Wildman–Crippen LogP) is 1.85. The fraction of sp³-hybridized carbons (Fsp3) is 0.263. The molecule has 2 aromatic rings. The zero-order chi connectivity index (χ0) is 18.2. The Morgan fingerprint density at radius 1 is 1.12 bits per heavy atom. The molecule has 1 aliphatic rings. The van der Waals surface area contributed by atoms with E-state index in [1.165, 1.54) is 6.21 Å². The summed E-state index contributed by atoms with van der Waals surface area (Å²) < 4.78 is 5.52. The van der Waals surface area contributed by atoms with Crippen LogP contribution in [0, 0.1) is 0 Å². The topological polar surface area (TPSA) is 83.9 Å². The minimum atomic E-state index is -0.302. The van der Waals surface area contributed by atoms with Gasteiger partial charge in [-0.15, -0.1) is 0 Å². The molecule has 0 unspecified atom stereocenters. The summed E-state index contributed by atoms with van der Waals surface area (Å²) in [5, 5.41) is 3.93. The second kappa shape index (κ2) is 8.75. The van der Waals surface area contributed by atoms with Crippen LogP contribution in [0.1, 0.15) is 28.8 Å². The van der Waals surface area contributed by atoms with Crippen molar-refractivity contribution in [3.05, 3.63) is 59.9 Å². The lowest BCUT2D eigenvalue weighted by Crippen LogP contribution is -2.32. The lowest BCUT2D eigenvalue weighted by Gasteiger charge is -2.15. The first kappa shape index (κ1) is 17.6. The van der Waals surface area contributed by atoms with E-state index in [1.807, 2.05) is 4.90 Å². The van der Waals surface area contributed by atoms with Crippen LogP contribution in [0.2, 0.25) is 0 Å². The summed E-state index contributed by atoms with van der Waals surface area (Å²) in [7, 11) is 0. The molecule has 3 rings (SSSR count). The molecule has 2 heterocycles. The van der Waals surface area contributed by atoms with Crippen LogP contribution in [-0.2, 0) is 4.79 Å². The highest BCUT2D eigenvalue weighted by molar-refractivity contribution is 5.94. The Labute approximate surface area is 151 Å². The average Bonchev–Trinajstić information content (AvgIpc) is 3.22. The van der Waals surface area contributed by atoms with Crippen LogP contribution in [0.4, 0.5) is 0 Å². The van der Waals surface area contributed by atoms with E-state index >= 15 is 0 Å². The van der Waals surface area contributed by atoms with Crippen LogP contribution in [0.15, 0.2) is 53.9 Å². The molecule has 1 N–H and O–H groups in total. The lowest BCUT2D eigenvalue weighted by atomic mass is 10.2. The minimum Gasteiger partial charge on any atom is -0.484 e. The van der Waals surface area contributed by atoms with Crippen molar-refractivity contribution in [3.63, 3.8) is 0 Å². The zero-order valence-electron chi connectivity index (χ0n) is 14.3. The van der Waals surface area contributed by atoms with Gasteiger partial charge >= 0.3 is 0 Å². The normalized spacial score (nSPS) is 13.8. The number of hydrogen-bond donors (Lipinski definition) is 1. The maximum atomic E-state index is 11.9. The van der Waals surface area contributed by atoms with Gasteiger partial charge in [0.2, 0.25) is 0 Å². The summed E-state index contributed by atoms with van der Waals surface area (Å²) in [4.78, 5) is 29.5. The number of rotatable bonds is 6.